The highest BCUT2D eigenvalue weighted by Gasteiger charge is 2.40. The highest BCUT2D eigenvalue weighted by molar-refractivity contribution is 5.15. The summed E-state index contributed by atoms with van der Waals surface area (Å²) in [5, 5.41) is 3.82. The fraction of sp³-hybridized carbons (Fsp3) is 0.684. The van der Waals surface area contributed by atoms with Gasteiger partial charge in [-0.1, -0.05) is 51.1 Å². The van der Waals surface area contributed by atoms with E-state index >= 15 is 0 Å². The lowest BCUT2D eigenvalue weighted by Crippen LogP contribution is -2.61. The molecule has 2 atom stereocenters. The minimum atomic E-state index is 0.345. The number of nitrogens with zero attached hydrogens (tertiary/aromatic N) is 1. The Hall–Kier alpha value is -0.860. The molecule has 1 N–H and O–H groups in total. The molecule has 0 bridgehead atoms. The molecule has 0 spiro atoms. The van der Waals surface area contributed by atoms with Crippen LogP contribution in [0.3, 0.4) is 0 Å². The average molecular weight is 286 g/mol. The molecular formula is C19H30N2. The molecule has 0 radical (unpaired) electrons. The van der Waals surface area contributed by atoms with Gasteiger partial charge in [-0.15, -0.1) is 0 Å². The van der Waals surface area contributed by atoms with E-state index < -0.39 is 0 Å². The largest absolute Gasteiger partial charge is 0.311 e. The zero-order valence-electron chi connectivity index (χ0n) is 13.8. The third-order valence-corrected chi connectivity index (χ3v) is 5.17. The molecule has 116 valence electrons. The predicted octanol–water partition coefficient (Wildman–Crippen LogP) is 3.33. The molecule has 1 saturated carbocycles. The average Bonchev–Trinajstić information content (AvgIpc) is 3.29. The molecule has 1 heterocycles. The molecule has 2 fully saturated rings. The maximum absolute atomic E-state index is 3.82. The Morgan fingerprint density at radius 2 is 1.86 bits per heavy atom. The van der Waals surface area contributed by atoms with Crippen LogP contribution in [0.4, 0.5) is 0 Å². The van der Waals surface area contributed by atoms with Gasteiger partial charge in [0.1, 0.15) is 0 Å². The van der Waals surface area contributed by atoms with E-state index in [0.717, 1.165) is 18.5 Å². The van der Waals surface area contributed by atoms with E-state index in [1.807, 2.05) is 0 Å². The lowest BCUT2D eigenvalue weighted by molar-refractivity contribution is 0.0522. The van der Waals surface area contributed by atoms with Gasteiger partial charge in [0.05, 0.1) is 0 Å². The standard InChI is InChI=1S/C19H30N2/c1-19(2,3)18-13-20-17(16-9-10-16)14-21(18)12-11-15-7-5-4-6-8-15/h4-8,16-18,20H,9-14H2,1-3H3. The molecule has 1 aliphatic heterocycles. The summed E-state index contributed by atoms with van der Waals surface area (Å²) in [5.74, 6) is 0.949. The van der Waals surface area contributed by atoms with Gasteiger partial charge in [0.15, 0.2) is 0 Å². The first kappa shape index (κ1) is 15.1. The van der Waals surface area contributed by atoms with Gasteiger partial charge in [0.2, 0.25) is 0 Å². The summed E-state index contributed by atoms with van der Waals surface area (Å²) in [7, 11) is 0. The second-order valence-electron chi connectivity index (χ2n) is 7.96. The summed E-state index contributed by atoms with van der Waals surface area (Å²) in [6.07, 6.45) is 4.04. The number of benzene rings is 1. The molecule has 0 amide bonds. The number of rotatable bonds is 4. The Labute approximate surface area is 129 Å². The Morgan fingerprint density at radius 3 is 2.48 bits per heavy atom. The number of hydrogen-bond acceptors (Lipinski definition) is 2. The van der Waals surface area contributed by atoms with Gasteiger partial charge in [0.25, 0.3) is 0 Å². The minimum Gasteiger partial charge on any atom is -0.311 e. The minimum absolute atomic E-state index is 0.345. The van der Waals surface area contributed by atoms with Crippen molar-refractivity contribution in [3.8, 4) is 0 Å². The van der Waals surface area contributed by atoms with Crippen LogP contribution in [0.5, 0.6) is 0 Å². The van der Waals surface area contributed by atoms with Crippen molar-refractivity contribution < 1.29 is 0 Å². The lowest BCUT2D eigenvalue weighted by Gasteiger charge is -2.46. The van der Waals surface area contributed by atoms with Gasteiger partial charge in [-0.2, -0.15) is 0 Å². The zero-order chi connectivity index (χ0) is 14.9. The van der Waals surface area contributed by atoms with E-state index in [0.29, 0.717) is 11.5 Å². The molecule has 3 rings (SSSR count). The molecule has 1 aliphatic carbocycles. The molecule has 0 aromatic heterocycles. The second-order valence-corrected chi connectivity index (χ2v) is 7.96. The van der Waals surface area contributed by atoms with Crippen molar-refractivity contribution in [1.29, 1.82) is 0 Å². The van der Waals surface area contributed by atoms with Gasteiger partial charge >= 0.3 is 0 Å². The molecule has 1 saturated heterocycles. The van der Waals surface area contributed by atoms with Crippen molar-refractivity contribution in [2.45, 2.75) is 52.1 Å². The molecule has 21 heavy (non-hydrogen) atoms. The molecule has 2 unspecified atom stereocenters. The van der Waals surface area contributed by atoms with Crippen LogP contribution in [0.2, 0.25) is 0 Å². The van der Waals surface area contributed by atoms with E-state index in [4.69, 9.17) is 0 Å². The number of nitrogens with one attached hydrogen (secondary N) is 1. The molecule has 1 aromatic carbocycles. The smallest absolute Gasteiger partial charge is 0.0269 e. The van der Waals surface area contributed by atoms with Gasteiger partial charge < -0.3 is 5.32 Å². The maximum atomic E-state index is 3.82. The van der Waals surface area contributed by atoms with Crippen LogP contribution in [0.1, 0.15) is 39.2 Å². The van der Waals surface area contributed by atoms with Crippen molar-refractivity contribution in [1.82, 2.24) is 10.2 Å². The van der Waals surface area contributed by atoms with Crippen LogP contribution in [-0.4, -0.2) is 36.6 Å². The van der Waals surface area contributed by atoms with E-state index in [2.05, 4.69) is 61.3 Å². The highest BCUT2D eigenvalue weighted by Crippen LogP contribution is 2.36. The summed E-state index contributed by atoms with van der Waals surface area (Å²) in [6.45, 7) is 10.7. The van der Waals surface area contributed by atoms with Crippen molar-refractivity contribution >= 4 is 0 Å². The molecular weight excluding hydrogens is 256 g/mol. The highest BCUT2D eigenvalue weighted by atomic mass is 15.2. The van der Waals surface area contributed by atoms with Crippen LogP contribution < -0.4 is 5.32 Å². The Bertz CT molecular complexity index is 444. The molecule has 2 aliphatic rings. The second kappa shape index (κ2) is 6.10. The monoisotopic (exact) mass is 286 g/mol. The summed E-state index contributed by atoms with van der Waals surface area (Å²) < 4.78 is 0. The van der Waals surface area contributed by atoms with Crippen molar-refractivity contribution in [2.24, 2.45) is 11.3 Å². The topological polar surface area (TPSA) is 15.3 Å². The van der Waals surface area contributed by atoms with Crippen molar-refractivity contribution in [3.63, 3.8) is 0 Å². The van der Waals surface area contributed by atoms with Crippen LogP contribution in [0.25, 0.3) is 0 Å². The molecule has 2 heteroatoms. The Kier molecular flexibility index (Phi) is 4.37. The SMILES string of the molecule is CC(C)(C)C1CNC(C2CC2)CN1CCc1ccccc1. The number of piperazine rings is 1. The lowest BCUT2D eigenvalue weighted by atomic mass is 9.83. The first-order valence-electron chi connectivity index (χ1n) is 8.55. The van der Waals surface area contributed by atoms with E-state index in [9.17, 15) is 0 Å². The molecule has 2 nitrogen and oxygen atoms in total. The first-order chi connectivity index (χ1) is 10.0. The van der Waals surface area contributed by atoms with Crippen molar-refractivity contribution in [2.75, 3.05) is 19.6 Å². The summed E-state index contributed by atoms with van der Waals surface area (Å²) in [4.78, 5) is 2.76. The first-order valence-corrected chi connectivity index (χ1v) is 8.55. The fourth-order valence-electron chi connectivity index (χ4n) is 3.67. The summed E-state index contributed by atoms with van der Waals surface area (Å²) >= 11 is 0. The van der Waals surface area contributed by atoms with E-state index in [1.165, 1.54) is 37.9 Å². The van der Waals surface area contributed by atoms with Crippen LogP contribution in [0, 0.1) is 11.3 Å². The zero-order valence-corrected chi connectivity index (χ0v) is 13.8. The predicted molar refractivity (Wildman–Crippen MR) is 89.5 cm³/mol. The maximum Gasteiger partial charge on any atom is 0.0269 e. The Balaban J connectivity index is 1.64. The van der Waals surface area contributed by atoms with Crippen LogP contribution in [0.15, 0.2) is 30.3 Å². The van der Waals surface area contributed by atoms with Crippen molar-refractivity contribution in [3.05, 3.63) is 35.9 Å². The summed E-state index contributed by atoms with van der Waals surface area (Å²) in [5.41, 5.74) is 1.81. The normalized spacial score (nSPS) is 27.8. The summed E-state index contributed by atoms with van der Waals surface area (Å²) in [6, 6.07) is 12.3. The third kappa shape index (κ3) is 3.87. The third-order valence-electron chi connectivity index (χ3n) is 5.17. The quantitative estimate of drug-likeness (QED) is 0.913. The fourth-order valence-corrected chi connectivity index (χ4v) is 3.67. The van der Waals surface area contributed by atoms with Gasteiger partial charge in [0, 0.05) is 31.7 Å². The van der Waals surface area contributed by atoms with Gasteiger partial charge in [-0.25, -0.2) is 0 Å². The molecule has 1 aromatic rings. The van der Waals surface area contributed by atoms with Gasteiger partial charge in [-0.05, 0) is 36.2 Å². The van der Waals surface area contributed by atoms with Crippen LogP contribution >= 0.6 is 0 Å². The van der Waals surface area contributed by atoms with E-state index in [-0.39, 0.29) is 0 Å². The van der Waals surface area contributed by atoms with Crippen LogP contribution in [-0.2, 0) is 6.42 Å². The Morgan fingerprint density at radius 1 is 1.14 bits per heavy atom. The van der Waals surface area contributed by atoms with E-state index in [1.54, 1.807) is 0 Å². The van der Waals surface area contributed by atoms with Gasteiger partial charge in [-0.3, -0.25) is 4.90 Å². The number of hydrogen-bond donors (Lipinski definition) is 1.